The number of nitrogens with one attached hydrogen (secondary N) is 1. The third kappa shape index (κ3) is 4.39. The van der Waals surface area contributed by atoms with Gasteiger partial charge in [-0.15, -0.1) is 10.2 Å². The molecule has 1 aromatic carbocycles. The van der Waals surface area contributed by atoms with Crippen molar-refractivity contribution in [1.29, 1.82) is 0 Å². The van der Waals surface area contributed by atoms with Crippen LogP contribution in [0.1, 0.15) is 24.2 Å². The van der Waals surface area contributed by atoms with E-state index in [9.17, 15) is 4.79 Å². The van der Waals surface area contributed by atoms with Gasteiger partial charge >= 0.3 is 0 Å². The first kappa shape index (κ1) is 19.0. The maximum absolute atomic E-state index is 12.9. The van der Waals surface area contributed by atoms with E-state index in [1.165, 1.54) is 4.80 Å². The van der Waals surface area contributed by atoms with E-state index < -0.39 is 0 Å². The Morgan fingerprint density at radius 1 is 1.17 bits per heavy atom. The van der Waals surface area contributed by atoms with Crippen LogP contribution in [-0.4, -0.2) is 49.2 Å². The van der Waals surface area contributed by atoms with Gasteiger partial charge in [0.25, 0.3) is 0 Å². The molecule has 150 valence electrons. The molecular weight excluding hydrogens is 368 g/mol. The van der Waals surface area contributed by atoms with Crippen molar-refractivity contribution in [3.05, 3.63) is 41.7 Å². The lowest BCUT2D eigenvalue weighted by atomic mass is 9.97. The first-order chi connectivity index (χ1) is 14.0. The predicted octanol–water partition coefficient (Wildman–Crippen LogP) is 2.14. The van der Waals surface area contributed by atoms with Gasteiger partial charge in [-0.25, -0.2) is 9.97 Å². The number of hydrogen-bond donors (Lipinski definition) is 1. The smallest absolute Gasteiger partial charge is 0.229 e. The molecule has 0 radical (unpaired) electrons. The summed E-state index contributed by atoms with van der Waals surface area (Å²) in [5.74, 6) is 1.12. The lowest BCUT2D eigenvalue weighted by Crippen LogP contribution is -2.41. The number of amides is 1. The van der Waals surface area contributed by atoms with E-state index in [4.69, 9.17) is 0 Å². The van der Waals surface area contributed by atoms with Crippen LogP contribution >= 0.6 is 0 Å². The summed E-state index contributed by atoms with van der Waals surface area (Å²) >= 11 is 0. The predicted molar refractivity (Wildman–Crippen MR) is 109 cm³/mol. The summed E-state index contributed by atoms with van der Waals surface area (Å²) in [6, 6.07) is 9.45. The molecule has 1 amide bonds. The molecule has 9 heteroatoms. The van der Waals surface area contributed by atoms with Gasteiger partial charge in [0.15, 0.2) is 0 Å². The first-order valence-corrected chi connectivity index (χ1v) is 9.70. The summed E-state index contributed by atoms with van der Waals surface area (Å²) in [5, 5.41) is 15.1. The van der Waals surface area contributed by atoms with E-state index in [1.807, 2.05) is 44.2 Å². The van der Waals surface area contributed by atoms with Crippen LogP contribution in [0.4, 0.5) is 11.6 Å². The van der Waals surface area contributed by atoms with Gasteiger partial charge in [-0.05, 0) is 50.1 Å². The minimum Gasteiger partial charge on any atom is -0.340 e. The van der Waals surface area contributed by atoms with E-state index in [1.54, 1.807) is 7.05 Å². The second-order valence-corrected chi connectivity index (χ2v) is 7.41. The van der Waals surface area contributed by atoms with Gasteiger partial charge in [-0.3, -0.25) is 4.79 Å². The average molecular weight is 392 g/mol. The quantitative estimate of drug-likeness (QED) is 0.726. The number of benzene rings is 1. The zero-order valence-corrected chi connectivity index (χ0v) is 16.8. The van der Waals surface area contributed by atoms with Gasteiger partial charge in [0, 0.05) is 35.7 Å². The highest BCUT2D eigenvalue weighted by Gasteiger charge is 2.27. The van der Waals surface area contributed by atoms with Gasteiger partial charge in [-0.2, -0.15) is 4.80 Å². The molecule has 0 spiro atoms. The second-order valence-electron chi connectivity index (χ2n) is 7.41. The van der Waals surface area contributed by atoms with Gasteiger partial charge in [0.1, 0.15) is 0 Å². The molecule has 1 atom stereocenters. The molecule has 29 heavy (non-hydrogen) atoms. The Balaban J connectivity index is 1.46. The van der Waals surface area contributed by atoms with E-state index >= 15 is 0 Å². The summed E-state index contributed by atoms with van der Waals surface area (Å²) in [5.41, 5.74) is 3.41. The van der Waals surface area contributed by atoms with Gasteiger partial charge < -0.3 is 10.2 Å². The third-order valence-electron chi connectivity index (χ3n) is 4.94. The molecule has 0 bridgehead atoms. The molecule has 1 aliphatic heterocycles. The van der Waals surface area contributed by atoms with Gasteiger partial charge in [0.05, 0.1) is 13.0 Å². The fourth-order valence-corrected chi connectivity index (χ4v) is 3.60. The highest BCUT2D eigenvalue weighted by atomic mass is 16.1. The maximum Gasteiger partial charge on any atom is 0.229 e. The summed E-state index contributed by atoms with van der Waals surface area (Å²) in [6.07, 6.45) is 1.77. The molecule has 1 fully saturated rings. The molecule has 1 N–H and O–H groups in total. The van der Waals surface area contributed by atoms with E-state index in [-0.39, 0.29) is 11.8 Å². The standard InChI is InChI=1S/C20H24N8O/c1-13-10-14(2)22-20(21-13)28-9-5-7-16(12-28)19(29)23-17-8-4-6-15(11-17)18-24-26-27(3)25-18/h4,6,8,10-11,16H,5,7,9,12H2,1-3H3,(H,23,29). The monoisotopic (exact) mass is 392 g/mol. The van der Waals surface area contributed by atoms with Crippen LogP contribution in [0.2, 0.25) is 0 Å². The van der Waals surface area contributed by atoms with Crippen LogP contribution < -0.4 is 10.2 Å². The number of hydrogen-bond acceptors (Lipinski definition) is 7. The number of carbonyl (C=O) groups excluding carboxylic acids is 1. The molecule has 1 saturated heterocycles. The number of aryl methyl sites for hydroxylation is 3. The summed E-state index contributed by atoms with van der Waals surface area (Å²) < 4.78 is 0. The van der Waals surface area contributed by atoms with Crippen molar-refractivity contribution >= 4 is 17.5 Å². The van der Waals surface area contributed by atoms with Crippen molar-refractivity contribution in [3.63, 3.8) is 0 Å². The van der Waals surface area contributed by atoms with Crippen molar-refractivity contribution in [2.24, 2.45) is 13.0 Å². The molecule has 1 unspecified atom stereocenters. The Morgan fingerprint density at radius 3 is 2.69 bits per heavy atom. The Labute approximate surface area is 169 Å². The van der Waals surface area contributed by atoms with Gasteiger partial charge in [0.2, 0.25) is 17.7 Å². The van der Waals surface area contributed by atoms with Crippen molar-refractivity contribution in [2.45, 2.75) is 26.7 Å². The summed E-state index contributed by atoms with van der Waals surface area (Å²) in [4.78, 5) is 25.5. The summed E-state index contributed by atoms with van der Waals surface area (Å²) in [6.45, 7) is 5.40. The molecule has 0 saturated carbocycles. The molecular formula is C20H24N8O. The number of piperidine rings is 1. The largest absolute Gasteiger partial charge is 0.340 e. The van der Waals surface area contributed by atoms with Crippen LogP contribution in [0.15, 0.2) is 30.3 Å². The first-order valence-electron chi connectivity index (χ1n) is 9.70. The Kier molecular flexibility index (Phi) is 5.20. The van der Waals surface area contributed by atoms with Crippen molar-refractivity contribution in [1.82, 2.24) is 30.2 Å². The Bertz CT molecular complexity index is 1010. The molecule has 0 aliphatic carbocycles. The molecule has 3 heterocycles. The average Bonchev–Trinajstić information content (AvgIpc) is 3.14. The van der Waals surface area contributed by atoms with Crippen molar-refractivity contribution < 1.29 is 4.79 Å². The SMILES string of the molecule is Cc1cc(C)nc(N2CCCC(C(=O)Nc3cccc(-c4nnn(C)n4)c3)C2)n1. The number of aromatic nitrogens is 6. The van der Waals surface area contributed by atoms with Crippen LogP contribution in [-0.2, 0) is 11.8 Å². The summed E-state index contributed by atoms with van der Waals surface area (Å²) in [7, 11) is 1.72. The third-order valence-corrected chi connectivity index (χ3v) is 4.94. The van der Waals surface area contributed by atoms with Crippen molar-refractivity contribution in [2.75, 3.05) is 23.3 Å². The zero-order valence-electron chi connectivity index (χ0n) is 16.8. The maximum atomic E-state index is 12.9. The van der Waals surface area contributed by atoms with Crippen molar-refractivity contribution in [3.8, 4) is 11.4 Å². The highest BCUT2D eigenvalue weighted by Crippen LogP contribution is 2.24. The zero-order chi connectivity index (χ0) is 20.4. The molecule has 3 aromatic rings. The number of rotatable bonds is 4. The van der Waals surface area contributed by atoms with Crippen LogP contribution in [0.5, 0.6) is 0 Å². The topological polar surface area (TPSA) is 102 Å². The molecule has 2 aromatic heterocycles. The molecule has 9 nitrogen and oxygen atoms in total. The van der Waals surface area contributed by atoms with Gasteiger partial charge in [-0.1, -0.05) is 12.1 Å². The minimum atomic E-state index is -0.119. The Hall–Kier alpha value is -3.36. The lowest BCUT2D eigenvalue weighted by molar-refractivity contribution is -0.120. The minimum absolute atomic E-state index is 0.00308. The van der Waals surface area contributed by atoms with Crippen LogP contribution in [0, 0.1) is 19.8 Å². The van der Waals surface area contributed by atoms with E-state index in [2.05, 4.69) is 35.6 Å². The fourth-order valence-electron chi connectivity index (χ4n) is 3.60. The highest BCUT2D eigenvalue weighted by molar-refractivity contribution is 5.93. The van der Waals surface area contributed by atoms with Crippen LogP contribution in [0.3, 0.4) is 0 Å². The molecule has 4 rings (SSSR count). The second kappa shape index (κ2) is 7.94. The Morgan fingerprint density at radius 2 is 1.97 bits per heavy atom. The van der Waals surface area contributed by atoms with E-state index in [0.29, 0.717) is 18.3 Å². The number of anilines is 2. The van der Waals surface area contributed by atoms with E-state index in [0.717, 1.165) is 42.0 Å². The number of tetrazole rings is 1. The van der Waals surface area contributed by atoms with Crippen LogP contribution in [0.25, 0.3) is 11.4 Å². The lowest BCUT2D eigenvalue weighted by Gasteiger charge is -2.32. The molecule has 1 aliphatic rings. The normalized spacial score (nSPS) is 16.7. The fraction of sp³-hybridized carbons (Fsp3) is 0.400. The number of carbonyl (C=O) groups is 1. The number of nitrogens with zero attached hydrogens (tertiary/aromatic N) is 7.